The van der Waals surface area contributed by atoms with E-state index in [0.717, 1.165) is 0 Å². The fourth-order valence-corrected chi connectivity index (χ4v) is 41.2. The van der Waals surface area contributed by atoms with E-state index in [0.29, 0.717) is 19.2 Å². The normalized spacial score (nSPS) is 20.6. The van der Waals surface area contributed by atoms with Crippen LogP contribution < -0.4 is 0 Å². The van der Waals surface area contributed by atoms with Crippen molar-refractivity contribution in [3.63, 3.8) is 0 Å². The maximum absolute atomic E-state index is 3.06. The van der Waals surface area contributed by atoms with Crippen molar-refractivity contribution in [2.45, 2.75) is 82.2 Å². The van der Waals surface area contributed by atoms with Crippen LogP contribution >= 0.6 is 0 Å². The standard InChI is InChI=1S/C40H42Si.2CH3.Hf/c1-7-41(8-2,35-23-33-17-11-19-37(39(33)25-35)31-15-9-13-29(21-31)27(3)4)36-24-34-18-12-20-38(40(34)26-36)32-16-10-14-30(22-32)28(5)6;;;/h9-28H,7-8H2,1-6H3;2*1H3;. The SMILES string of the molecule is CC[Si]1(CC)C2=Cc3c(-c4cccc(C(C)C)c4)cccc3[CH]2[Hf]([CH3])([CH3])[CH]2C1=Cc1c(-c3cccc(C(C)C)c3)cccc12. The zero-order valence-corrected chi connectivity index (χ0v) is 32.6. The van der Waals surface area contributed by atoms with Gasteiger partial charge in [-0.05, 0) is 0 Å². The summed E-state index contributed by atoms with van der Waals surface area (Å²) in [6.07, 6.45) is 5.51. The molecule has 0 N–H and O–H groups in total. The predicted octanol–water partition coefficient (Wildman–Crippen LogP) is 12.7. The summed E-state index contributed by atoms with van der Waals surface area (Å²) in [6, 6.07) is 35.8. The molecule has 1 aliphatic heterocycles. The van der Waals surface area contributed by atoms with E-state index in [2.05, 4.69) is 148 Å². The molecule has 1 fully saturated rings. The predicted molar refractivity (Wildman–Crippen MR) is 192 cm³/mol. The van der Waals surface area contributed by atoms with Crippen LogP contribution in [0.2, 0.25) is 21.4 Å². The molecule has 3 aliphatic rings. The average molecular weight is 759 g/mol. The second-order valence-electron chi connectivity index (χ2n) is 14.9. The molecule has 0 radical (unpaired) electrons. The molecule has 0 aromatic heterocycles. The van der Waals surface area contributed by atoms with E-state index in [-0.39, 0.29) is 0 Å². The van der Waals surface area contributed by atoms with Crippen molar-refractivity contribution in [1.29, 1.82) is 0 Å². The van der Waals surface area contributed by atoms with Crippen molar-refractivity contribution in [2.75, 3.05) is 0 Å². The van der Waals surface area contributed by atoms with Crippen LogP contribution in [0.15, 0.2) is 95.3 Å². The molecule has 1 heterocycles. The van der Waals surface area contributed by atoms with Crippen molar-refractivity contribution >= 4 is 20.2 Å². The number of rotatable bonds is 6. The monoisotopic (exact) mass is 760 g/mol. The number of benzene rings is 4. The average Bonchev–Trinajstić information content (AvgIpc) is 3.63. The Bertz CT molecular complexity index is 1700. The van der Waals surface area contributed by atoms with E-state index in [9.17, 15) is 0 Å². The van der Waals surface area contributed by atoms with Gasteiger partial charge in [0.15, 0.2) is 0 Å². The number of fused-ring (bicyclic) bond motifs is 6. The van der Waals surface area contributed by atoms with E-state index in [1.807, 2.05) is 10.4 Å². The van der Waals surface area contributed by atoms with Crippen molar-refractivity contribution in [2.24, 2.45) is 0 Å². The molecule has 0 bridgehead atoms. The molecule has 4 aromatic rings. The first-order valence-corrected chi connectivity index (χ1v) is 30.8. The Labute approximate surface area is 271 Å². The van der Waals surface area contributed by atoms with E-state index >= 15 is 0 Å². The molecular weight excluding hydrogens is 711 g/mol. The second-order valence-corrected chi connectivity index (χ2v) is 36.8. The summed E-state index contributed by atoms with van der Waals surface area (Å²) >= 11 is -3.06. The molecule has 0 saturated carbocycles. The summed E-state index contributed by atoms with van der Waals surface area (Å²) in [5.41, 5.74) is 14.9. The van der Waals surface area contributed by atoms with E-state index < -0.39 is 28.0 Å². The summed E-state index contributed by atoms with van der Waals surface area (Å²) < 4.78 is 6.96. The van der Waals surface area contributed by atoms with Gasteiger partial charge in [-0.15, -0.1) is 0 Å². The Morgan fingerprint density at radius 3 is 1.39 bits per heavy atom. The van der Waals surface area contributed by atoms with Gasteiger partial charge in [0.2, 0.25) is 0 Å². The molecule has 4 aromatic carbocycles. The van der Waals surface area contributed by atoms with Crippen LogP contribution in [0.1, 0.15) is 94.1 Å². The van der Waals surface area contributed by atoms with Gasteiger partial charge in [-0.25, -0.2) is 0 Å². The van der Waals surface area contributed by atoms with E-state index in [1.165, 1.54) is 45.5 Å². The number of allylic oxidation sites excluding steroid dienone is 2. The van der Waals surface area contributed by atoms with Crippen LogP contribution in [0.4, 0.5) is 0 Å². The Morgan fingerprint density at radius 1 is 0.591 bits per heavy atom. The summed E-state index contributed by atoms with van der Waals surface area (Å²) in [4.78, 5) is 0. The molecule has 0 spiro atoms. The molecule has 44 heavy (non-hydrogen) atoms. The Kier molecular flexibility index (Phi) is 7.57. The van der Waals surface area contributed by atoms with Gasteiger partial charge in [-0.2, -0.15) is 0 Å². The molecular formula is C42H48HfSi. The van der Waals surface area contributed by atoms with E-state index in [4.69, 9.17) is 0 Å². The summed E-state index contributed by atoms with van der Waals surface area (Å²) in [6.45, 7) is 14.3. The first-order chi connectivity index (χ1) is 21.1. The van der Waals surface area contributed by atoms with Crippen LogP contribution in [-0.4, -0.2) is 8.07 Å². The Morgan fingerprint density at radius 2 is 1.00 bits per heavy atom. The van der Waals surface area contributed by atoms with Gasteiger partial charge in [0, 0.05) is 0 Å². The zero-order valence-electron chi connectivity index (χ0n) is 28.0. The van der Waals surface area contributed by atoms with Gasteiger partial charge in [-0.1, -0.05) is 0 Å². The molecule has 2 aliphatic carbocycles. The zero-order chi connectivity index (χ0) is 31.0. The second kappa shape index (κ2) is 11.1. The first-order valence-electron chi connectivity index (χ1n) is 17.0. The van der Waals surface area contributed by atoms with Crippen LogP contribution in [0, 0.1) is 0 Å². The Hall–Kier alpha value is -2.55. The quantitative estimate of drug-likeness (QED) is 0.172. The van der Waals surface area contributed by atoms with Gasteiger partial charge < -0.3 is 0 Å². The molecule has 2 atom stereocenters. The summed E-state index contributed by atoms with van der Waals surface area (Å²) in [7, 11) is -1.90. The minimum atomic E-state index is -3.06. The molecule has 2 heteroatoms. The third kappa shape index (κ3) is 4.37. The molecule has 224 valence electrons. The minimum absolute atomic E-state index is 0.535. The van der Waals surface area contributed by atoms with Crippen molar-refractivity contribution < 1.29 is 20.0 Å². The van der Waals surface area contributed by atoms with Gasteiger partial charge in [0.05, 0.1) is 0 Å². The molecule has 1 saturated heterocycles. The number of hydrogen-bond donors (Lipinski definition) is 0. The molecule has 0 nitrogen and oxygen atoms in total. The van der Waals surface area contributed by atoms with Gasteiger partial charge >= 0.3 is 273 Å². The van der Waals surface area contributed by atoms with Gasteiger partial charge in [-0.3, -0.25) is 0 Å². The molecule has 0 amide bonds. The fourth-order valence-electron chi connectivity index (χ4n) is 9.27. The topological polar surface area (TPSA) is 0 Å². The van der Waals surface area contributed by atoms with Crippen molar-refractivity contribution in [3.05, 3.63) is 129 Å². The van der Waals surface area contributed by atoms with Gasteiger partial charge in [0.1, 0.15) is 0 Å². The Balaban J connectivity index is 1.43. The summed E-state index contributed by atoms with van der Waals surface area (Å²) in [5.74, 6) is 1.07. The van der Waals surface area contributed by atoms with Crippen molar-refractivity contribution in [3.8, 4) is 22.3 Å². The van der Waals surface area contributed by atoms with E-state index in [1.54, 1.807) is 22.3 Å². The van der Waals surface area contributed by atoms with Gasteiger partial charge in [0.25, 0.3) is 0 Å². The van der Waals surface area contributed by atoms with Crippen molar-refractivity contribution in [1.82, 2.24) is 0 Å². The fraction of sp³-hybridized carbons (Fsp3) is 0.333. The summed E-state index contributed by atoms with van der Waals surface area (Å²) in [5, 5.41) is 3.77. The maximum atomic E-state index is 2.80. The van der Waals surface area contributed by atoms with Crippen LogP contribution in [-0.2, 0) is 20.0 Å². The van der Waals surface area contributed by atoms with Crippen LogP contribution in [0.25, 0.3) is 34.4 Å². The first kappa shape index (κ1) is 30.1. The molecule has 2 unspecified atom stereocenters. The third-order valence-electron chi connectivity index (χ3n) is 11.7. The van der Waals surface area contributed by atoms with Crippen LogP contribution in [0.3, 0.4) is 0 Å². The molecule has 7 rings (SSSR count). The third-order valence-corrected chi connectivity index (χ3v) is 34.4. The number of hydrogen-bond acceptors (Lipinski definition) is 0. The van der Waals surface area contributed by atoms with Crippen LogP contribution in [0.5, 0.6) is 0 Å².